The van der Waals surface area contributed by atoms with Crippen molar-refractivity contribution in [1.82, 2.24) is 15.0 Å². The molecule has 0 bridgehead atoms. The maximum Gasteiger partial charge on any atom is 0.143 e. The summed E-state index contributed by atoms with van der Waals surface area (Å²) in [6, 6.07) is 0.603. The van der Waals surface area contributed by atoms with Gasteiger partial charge in [0.2, 0.25) is 0 Å². The highest BCUT2D eigenvalue weighted by molar-refractivity contribution is 5.90. The van der Waals surface area contributed by atoms with E-state index in [1.165, 1.54) is 49.5 Å². The zero-order valence-electron chi connectivity index (χ0n) is 12.1. The van der Waals surface area contributed by atoms with Gasteiger partial charge in [-0.1, -0.05) is 19.8 Å². The van der Waals surface area contributed by atoms with Crippen LogP contribution < -0.4 is 5.32 Å². The Hall–Kier alpha value is -1.58. The second kappa shape index (κ2) is 4.47. The fourth-order valence-corrected chi connectivity index (χ4v) is 4.23. The number of aryl methyl sites for hydroxylation is 1. The minimum atomic E-state index is 0.603. The summed E-state index contributed by atoms with van der Waals surface area (Å²) < 4.78 is 0. The van der Waals surface area contributed by atoms with Crippen LogP contribution in [0.25, 0.3) is 11.0 Å². The van der Waals surface area contributed by atoms with Gasteiger partial charge in [0.1, 0.15) is 17.8 Å². The van der Waals surface area contributed by atoms with Crippen LogP contribution in [-0.4, -0.2) is 21.0 Å². The Labute approximate surface area is 119 Å². The molecular weight excluding hydrogens is 248 g/mol. The third-order valence-electron chi connectivity index (χ3n) is 5.30. The minimum absolute atomic E-state index is 0.603. The van der Waals surface area contributed by atoms with Crippen molar-refractivity contribution < 1.29 is 0 Å². The molecule has 2 heterocycles. The first kappa shape index (κ1) is 12.2. The lowest BCUT2D eigenvalue weighted by Gasteiger charge is -2.46. The van der Waals surface area contributed by atoms with E-state index >= 15 is 0 Å². The van der Waals surface area contributed by atoms with Crippen LogP contribution in [0.1, 0.15) is 51.0 Å². The number of nitrogens with one attached hydrogen (secondary N) is 2. The van der Waals surface area contributed by atoms with Crippen molar-refractivity contribution in [2.75, 3.05) is 5.32 Å². The van der Waals surface area contributed by atoms with E-state index in [4.69, 9.17) is 0 Å². The zero-order chi connectivity index (χ0) is 13.6. The van der Waals surface area contributed by atoms with Crippen molar-refractivity contribution >= 4 is 16.9 Å². The molecule has 2 fully saturated rings. The van der Waals surface area contributed by atoms with Crippen LogP contribution in [0, 0.1) is 5.41 Å². The van der Waals surface area contributed by atoms with Crippen LogP contribution >= 0.6 is 0 Å². The van der Waals surface area contributed by atoms with Crippen LogP contribution in [0.3, 0.4) is 0 Å². The first-order chi connectivity index (χ1) is 9.80. The molecule has 2 aliphatic carbocycles. The molecule has 2 aromatic heterocycles. The molecule has 0 atom stereocenters. The summed E-state index contributed by atoms with van der Waals surface area (Å²) in [5.41, 5.74) is 2.93. The molecule has 1 spiro atoms. The quantitative estimate of drug-likeness (QED) is 0.895. The molecular formula is C16H22N4. The largest absolute Gasteiger partial charge is 0.367 e. The van der Waals surface area contributed by atoms with Gasteiger partial charge in [0.15, 0.2) is 0 Å². The van der Waals surface area contributed by atoms with E-state index in [2.05, 4.69) is 33.4 Å². The summed E-state index contributed by atoms with van der Waals surface area (Å²) >= 11 is 0. The van der Waals surface area contributed by atoms with E-state index in [-0.39, 0.29) is 0 Å². The SMILES string of the molecule is CCc1c[nH]c2ncnc(NC3CC4(CCCC4)C3)c12. The number of hydrogen-bond acceptors (Lipinski definition) is 3. The van der Waals surface area contributed by atoms with Gasteiger partial charge in [-0.15, -0.1) is 0 Å². The Balaban J connectivity index is 1.56. The molecule has 0 amide bonds. The highest BCUT2D eigenvalue weighted by atomic mass is 15.1. The molecule has 0 radical (unpaired) electrons. The summed E-state index contributed by atoms with van der Waals surface area (Å²) in [4.78, 5) is 12.1. The molecule has 20 heavy (non-hydrogen) atoms. The summed E-state index contributed by atoms with van der Waals surface area (Å²) in [6.45, 7) is 2.18. The highest BCUT2D eigenvalue weighted by Crippen LogP contribution is 2.53. The third kappa shape index (κ3) is 1.81. The van der Waals surface area contributed by atoms with Crippen LogP contribution in [-0.2, 0) is 6.42 Å². The van der Waals surface area contributed by atoms with E-state index in [9.17, 15) is 0 Å². The fourth-order valence-electron chi connectivity index (χ4n) is 4.23. The topological polar surface area (TPSA) is 53.6 Å². The number of aromatic amines is 1. The lowest BCUT2D eigenvalue weighted by Crippen LogP contribution is -2.43. The number of aromatic nitrogens is 3. The van der Waals surface area contributed by atoms with Crippen LogP contribution in [0.15, 0.2) is 12.5 Å². The fraction of sp³-hybridized carbons (Fsp3) is 0.625. The molecule has 2 aromatic rings. The predicted octanol–water partition coefficient (Wildman–Crippen LogP) is 3.66. The Kier molecular flexibility index (Phi) is 2.72. The molecule has 0 aliphatic heterocycles. The maximum absolute atomic E-state index is 4.48. The lowest BCUT2D eigenvalue weighted by molar-refractivity contribution is 0.124. The molecule has 2 N–H and O–H groups in total. The number of hydrogen-bond donors (Lipinski definition) is 2. The first-order valence-electron chi connectivity index (χ1n) is 7.87. The van der Waals surface area contributed by atoms with Gasteiger partial charge in [-0.2, -0.15) is 0 Å². The van der Waals surface area contributed by atoms with E-state index in [1.807, 2.05) is 0 Å². The lowest BCUT2D eigenvalue weighted by atomic mass is 9.64. The number of H-pyrrole nitrogens is 1. The molecule has 4 heteroatoms. The summed E-state index contributed by atoms with van der Waals surface area (Å²) in [7, 11) is 0. The monoisotopic (exact) mass is 270 g/mol. The molecule has 2 saturated carbocycles. The highest BCUT2D eigenvalue weighted by Gasteiger charge is 2.45. The van der Waals surface area contributed by atoms with E-state index in [0.717, 1.165) is 17.9 Å². The predicted molar refractivity (Wildman–Crippen MR) is 80.8 cm³/mol. The number of rotatable bonds is 3. The van der Waals surface area contributed by atoms with Crippen LogP contribution in [0.5, 0.6) is 0 Å². The van der Waals surface area contributed by atoms with Gasteiger partial charge in [-0.05, 0) is 43.1 Å². The summed E-state index contributed by atoms with van der Waals surface area (Å²) in [5.74, 6) is 1.02. The molecule has 0 aromatic carbocycles. The summed E-state index contributed by atoms with van der Waals surface area (Å²) in [6.07, 6.45) is 13.1. The van der Waals surface area contributed by atoms with Gasteiger partial charge in [0.05, 0.1) is 5.39 Å². The van der Waals surface area contributed by atoms with Gasteiger partial charge in [-0.25, -0.2) is 9.97 Å². The van der Waals surface area contributed by atoms with Crippen LogP contribution in [0.2, 0.25) is 0 Å². The average Bonchev–Trinajstić information content (AvgIpc) is 3.04. The van der Waals surface area contributed by atoms with Crippen molar-refractivity contribution in [2.45, 2.75) is 57.9 Å². The normalized spacial score (nSPS) is 21.4. The Morgan fingerprint density at radius 1 is 1.30 bits per heavy atom. The van der Waals surface area contributed by atoms with Crippen molar-refractivity contribution in [2.24, 2.45) is 5.41 Å². The van der Waals surface area contributed by atoms with Crippen molar-refractivity contribution in [3.63, 3.8) is 0 Å². The number of nitrogens with zero attached hydrogens (tertiary/aromatic N) is 2. The molecule has 0 unspecified atom stereocenters. The van der Waals surface area contributed by atoms with Crippen LogP contribution in [0.4, 0.5) is 5.82 Å². The average molecular weight is 270 g/mol. The molecule has 4 rings (SSSR count). The van der Waals surface area contributed by atoms with Crippen molar-refractivity contribution in [3.8, 4) is 0 Å². The van der Waals surface area contributed by atoms with Gasteiger partial charge in [0.25, 0.3) is 0 Å². The molecule has 0 saturated heterocycles. The van der Waals surface area contributed by atoms with Gasteiger partial charge in [-0.3, -0.25) is 0 Å². The van der Waals surface area contributed by atoms with Gasteiger partial charge in [0, 0.05) is 12.2 Å². The second-order valence-corrected chi connectivity index (χ2v) is 6.57. The summed E-state index contributed by atoms with van der Waals surface area (Å²) in [5, 5.41) is 4.84. The van der Waals surface area contributed by atoms with Gasteiger partial charge >= 0.3 is 0 Å². The maximum atomic E-state index is 4.48. The third-order valence-corrected chi connectivity index (χ3v) is 5.30. The first-order valence-corrected chi connectivity index (χ1v) is 7.87. The molecule has 2 aliphatic rings. The van der Waals surface area contributed by atoms with Crippen molar-refractivity contribution in [3.05, 3.63) is 18.1 Å². The zero-order valence-corrected chi connectivity index (χ0v) is 12.1. The number of anilines is 1. The smallest absolute Gasteiger partial charge is 0.143 e. The minimum Gasteiger partial charge on any atom is -0.367 e. The Morgan fingerprint density at radius 2 is 2.10 bits per heavy atom. The second-order valence-electron chi connectivity index (χ2n) is 6.57. The number of fused-ring (bicyclic) bond motifs is 1. The van der Waals surface area contributed by atoms with E-state index in [0.29, 0.717) is 11.5 Å². The molecule has 106 valence electrons. The van der Waals surface area contributed by atoms with Crippen molar-refractivity contribution in [1.29, 1.82) is 0 Å². The Bertz CT molecular complexity index is 616. The standard InChI is InChI=1S/C16H22N4/c1-2-11-9-17-14-13(11)15(19-10-18-14)20-12-7-16(8-12)5-3-4-6-16/h9-10,12H,2-8H2,1H3,(H2,17,18,19,20). The van der Waals surface area contributed by atoms with Gasteiger partial charge < -0.3 is 10.3 Å². The Morgan fingerprint density at radius 3 is 2.85 bits per heavy atom. The van der Waals surface area contributed by atoms with E-state index < -0.39 is 0 Å². The van der Waals surface area contributed by atoms with E-state index in [1.54, 1.807) is 6.33 Å². The molecule has 4 nitrogen and oxygen atoms in total.